The van der Waals surface area contributed by atoms with Crippen LogP contribution in [0, 0.1) is 5.92 Å². The van der Waals surface area contributed by atoms with Crippen molar-refractivity contribution >= 4 is 17.5 Å². The summed E-state index contributed by atoms with van der Waals surface area (Å²) in [6, 6.07) is 10.8. The zero-order valence-electron chi connectivity index (χ0n) is 14.0. The van der Waals surface area contributed by atoms with Gasteiger partial charge in [-0.3, -0.25) is 4.79 Å². The fourth-order valence-corrected chi connectivity index (χ4v) is 3.34. The maximum atomic E-state index is 12.5. The predicted octanol–water partition coefficient (Wildman–Crippen LogP) is 2.91. The molecule has 0 aliphatic heterocycles. The maximum absolute atomic E-state index is 12.5. The molecular weight excluding hydrogens is 340 g/mol. The van der Waals surface area contributed by atoms with Crippen molar-refractivity contribution in [3.8, 4) is 5.88 Å². The van der Waals surface area contributed by atoms with Gasteiger partial charge in [0.15, 0.2) is 0 Å². The molecule has 1 aliphatic carbocycles. The Balaban J connectivity index is 1.71. The number of nitrogens with one attached hydrogen (secondary N) is 1. The number of amides is 1. The molecule has 1 aromatic heterocycles. The second-order valence-electron chi connectivity index (χ2n) is 6.37. The van der Waals surface area contributed by atoms with Crippen molar-refractivity contribution in [1.82, 2.24) is 10.3 Å². The standard InChI is InChI=1S/C19H21ClN2O3/c1-25-18-6-5-13(11-21-18)19(14-9-16(23)10-14)22-17(24)8-12-3-2-4-15(20)7-12/h2-7,11,14,16,19,23H,8-10H2,1H3,(H,22,24)/t14?,16?,19-/m1/s1. The molecule has 25 heavy (non-hydrogen) atoms. The zero-order chi connectivity index (χ0) is 17.8. The number of carbonyl (C=O) groups is 1. The molecule has 0 unspecified atom stereocenters. The van der Waals surface area contributed by atoms with Crippen LogP contribution in [0.25, 0.3) is 0 Å². The van der Waals surface area contributed by atoms with E-state index in [1.54, 1.807) is 31.5 Å². The Labute approximate surface area is 152 Å². The van der Waals surface area contributed by atoms with E-state index in [0.717, 1.165) is 11.1 Å². The van der Waals surface area contributed by atoms with Crippen LogP contribution in [0.15, 0.2) is 42.6 Å². The number of hydrogen-bond donors (Lipinski definition) is 2. The first kappa shape index (κ1) is 17.7. The van der Waals surface area contributed by atoms with Gasteiger partial charge in [0, 0.05) is 17.3 Å². The van der Waals surface area contributed by atoms with Crippen molar-refractivity contribution in [2.45, 2.75) is 31.4 Å². The topological polar surface area (TPSA) is 71.5 Å². The highest BCUT2D eigenvalue weighted by Crippen LogP contribution is 2.38. The van der Waals surface area contributed by atoms with Crippen LogP contribution in [0.4, 0.5) is 0 Å². The van der Waals surface area contributed by atoms with Crippen molar-refractivity contribution in [1.29, 1.82) is 0 Å². The Morgan fingerprint density at radius 1 is 1.40 bits per heavy atom. The fraction of sp³-hybridized carbons (Fsp3) is 0.368. The Bertz CT molecular complexity index is 730. The molecule has 1 heterocycles. The van der Waals surface area contributed by atoms with E-state index in [1.807, 2.05) is 18.2 Å². The third-order valence-corrected chi connectivity index (χ3v) is 4.75. The first-order valence-corrected chi connectivity index (χ1v) is 8.64. The third kappa shape index (κ3) is 4.50. The van der Waals surface area contributed by atoms with Crippen LogP contribution in [-0.4, -0.2) is 29.2 Å². The molecule has 1 atom stereocenters. The minimum atomic E-state index is -0.288. The molecule has 132 valence electrons. The minimum Gasteiger partial charge on any atom is -0.481 e. The molecule has 1 fully saturated rings. The first-order chi connectivity index (χ1) is 12.0. The summed E-state index contributed by atoms with van der Waals surface area (Å²) in [5, 5.41) is 13.3. The van der Waals surface area contributed by atoms with Crippen molar-refractivity contribution in [2.24, 2.45) is 5.92 Å². The van der Waals surface area contributed by atoms with E-state index in [0.29, 0.717) is 23.7 Å². The normalized spacial score (nSPS) is 20.4. The fourth-order valence-electron chi connectivity index (χ4n) is 3.13. The van der Waals surface area contributed by atoms with Crippen molar-refractivity contribution < 1.29 is 14.6 Å². The number of rotatable bonds is 6. The maximum Gasteiger partial charge on any atom is 0.224 e. The Kier molecular flexibility index (Phi) is 5.56. The predicted molar refractivity (Wildman–Crippen MR) is 95.6 cm³/mol. The molecule has 1 amide bonds. The number of nitrogens with zero attached hydrogens (tertiary/aromatic N) is 1. The average molecular weight is 361 g/mol. The SMILES string of the molecule is COc1ccc([C@@H](NC(=O)Cc2cccc(Cl)c2)C2CC(O)C2)cn1. The Morgan fingerprint density at radius 2 is 2.20 bits per heavy atom. The minimum absolute atomic E-state index is 0.0792. The van der Waals surface area contributed by atoms with Crippen LogP contribution in [0.2, 0.25) is 5.02 Å². The van der Waals surface area contributed by atoms with Crippen LogP contribution in [0.5, 0.6) is 5.88 Å². The number of benzene rings is 1. The second kappa shape index (κ2) is 7.85. The number of carbonyl (C=O) groups excluding carboxylic acids is 1. The summed E-state index contributed by atoms with van der Waals surface area (Å²) >= 11 is 5.98. The molecule has 0 spiro atoms. The van der Waals surface area contributed by atoms with Gasteiger partial charge in [0.1, 0.15) is 0 Å². The van der Waals surface area contributed by atoms with Crippen LogP contribution in [-0.2, 0) is 11.2 Å². The lowest BCUT2D eigenvalue weighted by atomic mass is 9.75. The lowest BCUT2D eigenvalue weighted by Crippen LogP contribution is -2.41. The lowest BCUT2D eigenvalue weighted by molar-refractivity contribution is -0.122. The monoisotopic (exact) mass is 360 g/mol. The van der Waals surface area contributed by atoms with Gasteiger partial charge in [-0.15, -0.1) is 0 Å². The van der Waals surface area contributed by atoms with Gasteiger partial charge in [0.2, 0.25) is 11.8 Å². The van der Waals surface area contributed by atoms with Gasteiger partial charge >= 0.3 is 0 Å². The largest absolute Gasteiger partial charge is 0.481 e. The van der Waals surface area contributed by atoms with E-state index in [2.05, 4.69) is 10.3 Å². The van der Waals surface area contributed by atoms with Crippen LogP contribution < -0.4 is 10.1 Å². The van der Waals surface area contributed by atoms with Crippen LogP contribution in [0.3, 0.4) is 0 Å². The molecule has 0 saturated heterocycles. The quantitative estimate of drug-likeness (QED) is 0.830. The number of aromatic nitrogens is 1. The van der Waals surface area contributed by atoms with E-state index < -0.39 is 0 Å². The summed E-state index contributed by atoms with van der Waals surface area (Å²) in [5.41, 5.74) is 1.78. The summed E-state index contributed by atoms with van der Waals surface area (Å²) in [7, 11) is 1.56. The molecule has 0 radical (unpaired) electrons. The van der Waals surface area contributed by atoms with Gasteiger partial charge in [-0.05, 0) is 42.0 Å². The van der Waals surface area contributed by atoms with E-state index in [4.69, 9.17) is 16.3 Å². The van der Waals surface area contributed by atoms with E-state index >= 15 is 0 Å². The van der Waals surface area contributed by atoms with Crippen LogP contribution >= 0.6 is 11.6 Å². The Morgan fingerprint density at radius 3 is 2.80 bits per heavy atom. The number of ether oxygens (including phenoxy) is 1. The van der Waals surface area contributed by atoms with Crippen molar-refractivity contribution in [3.63, 3.8) is 0 Å². The van der Waals surface area contributed by atoms with Crippen LogP contribution in [0.1, 0.15) is 30.0 Å². The highest BCUT2D eigenvalue weighted by atomic mass is 35.5. The molecule has 1 saturated carbocycles. The number of aliphatic hydroxyl groups is 1. The number of methoxy groups -OCH3 is 1. The molecule has 2 aromatic rings. The van der Waals surface area contributed by atoms with Gasteiger partial charge in [-0.25, -0.2) is 4.98 Å². The number of pyridine rings is 1. The lowest BCUT2D eigenvalue weighted by Gasteiger charge is -2.38. The molecule has 1 aromatic carbocycles. The van der Waals surface area contributed by atoms with Crippen molar-refractivity contribution in [2.75, 3.05) is 7.11 Å². The number of aliphatic hydroxyl groups excluding tert-OH is 1. The van der Waals surface area contributed by atoms with Gasteiger partial charge < -0.3 is 15.2 Å². The molecule has 1 aliphatic rings. The van der Waals surface area contributed by atoms with Crippen molar-refractivity contribution in [3.05, 3.63) is 58.7 Å². The molecular formula is C19H21ClN2O3. The summed E-state index contributed by atoms with van der Waals surface area (Å²) in [6.07, 6.45) is 3.04. The number of hydrogen-bond acceptors (Lipinski definition) is 4. The van der Waals surface area contributed by atoms with Gasteiger partial charge in [-0.2, -0.15) is 0 Å². The third-order valence-electron chi connectivity index (χ3n) is 4.52. The van der Waals surface area contributed by atoms with E-state index in [1.165, 1.54) is 0 Å². The Hall–Kier alpha value is -2.11. The molecule has 3 rings (SSSR count). The smallest absolute Gasteiger partial charge is 0.224 e. The second-order valence-corrected chi connectivity index (χ2v) is 6.81. The molecule has 0 bridgehead atoms. The molecule has 2 N–H and O–H groups in total. The summed E-state index contributed by atoms with van der Waals surface area (Å²) in [6.45, 7) is 0. The highest BCUT2D eigenvalue weighted by Gasteiger charge is 2.35. The molecule has 5 nitrogen and oxygen atoms in total. The molecule has 6 heteroatoms. The van der Waals surface area contributed by atoms with E-state index in [-0.39, 0.29) is 30.4 Å². The van der Waals surface area contributed by atoms with Gasteiger partial charge in [-0.1, -0.05) is 29.8 Å². The highest BCUT2D eigenvalue weighted by molar-refractivity contribution is 6.30. The van der Waals surface area contributed by atoms with Gasteiger partial charge in [0.05, 0.1) is 25.7 Å². The summed E-state index contributed by atoms with van der Waals surface area (Å²) < 4.78 is 5.09. The zero-order valence-corrected chi connectivity index (χ0v) is 14.7. The van der Waals surface area contributed by atoms with E-state index in [9.17, 15) is 9.90 Å². The number of halogens is 1. The summed E-state index contributed by atoms with van der Waals surface area (Å²) in [5.74, 6) is 0.652. The average Bonchev–Trinajstić information content (AvgIpc) is 2.57. The first-order valence-electron chi connectivity index (χ1n) is 8.27. The van der Waals surface area contributed by atoms with Gasteiger partial charge in [0.25, 0.3) is 0 Å². The summed E-state index contributed by atoms with van der Waals surface area (Å²) in [4.78, 5) is 16.7.